The quantitative estimate of drug-likeness (QED) is 0.784. The largest absolute Gasteiger partial charge is 0.385 e. The van der Waals surface area contributed by atoms with Gasteiger partial charge in [0, 0.05) is 32.8 Å². The van der Waals surface area contributed by atoms with Crippen molar-refractivity contribution in [2.75, 3.05) is 27.3 Å². The van der Waals surface area contributed by atoms with Crippen LogP contribution in [0.5, 0.6) is 0 Å². The van der Waals surface area contributed by atoms with Crippen LogP contribution in [0, 0.1) is 6.92 Å². The zero-order valence-electron chi connectivity index (χ0n) is 11.1. The molecule has 0 saturated carbocycles. The van der Waals surface area contributed by atoms with Crippen LogP contribution in [-0.4, -0.2) is 38.3 Å². The van der Waals surface area contributed by atoms with Gasteiger partial charge >= 0.3 is 0 Å². The molecule has 1 rings (SSSR count). The third kappa shape index (κ3) is 5.82. The van der Waals surface area contributed by atoms with Crippen molar-refractivity contribution in [3.8, 4) is 0 Å². The Kier molecular flexibility index (Phi) is 6.19. The van der Waals surface area contributed by atoms with E-state index in [0.29, 0.717) is 0 Å². The maximum Gasteiger partial charge on any atom is 0.0477 e. The second kappa shape index (κ2) is 7.43. The molecule has 0 spiro atoms. The number of likely N-dealkylation sites (N-methyl/N-ethyl adjacent to an activating group) is 1. The molecule has 96 valence electrons. The highest BCUT2D eigenvalue weighted by molar-refractivity contribution is 5.21. The summed E-state index contributed by atoms with van der Waals surface area (Å²) >= 11 is 0. The molecule has 17 heavy (non-hydrogen) atoms. The first-order valence-electron chi connectivity index (χ1n) is 6.10. The minimum Gasteiger partial charge on any atom is -0.385 e. The van der Waals surface area contributed by atoms with Crippen LogP contribution in [0.15, 0.2) is 24.3 Å². The summed E-state index contributed by atoms with van der Waals surface area (Å²) in [6.45, 7) is 4.70. The molecule has 1 unspecified atom stereocenters. The lowest BCUT2D eigenvalue weighted by Gasteiger charge is -2.21. The van der Waals surface area contributed by atoms with E-state index in [1.165, 1.54) is 11.1 Å². The molecule has 0 aliphatic heterocycles. The van der Waals surface area contributed by atoms with Gasteiger partial charge in [-0.15, -0.1) is 0 Å². The van der Waals surface area contributed by atoms with Gasteiger partial charge in [0.25, 0.3) is 0 Å². The Hall–Kier alpha value is -0.900. The summed E-state index contributed by atoms with van der Waals surface area (Å²) < 4.78 is 5.03. The average molecular weight is 236 g/mol. The standard InChI is InChI=1S/C14H24N2O/c1-12-5-4-6-13(9-12)10-16(2)11-14(15)7-8-17-3/h4-6,9,14H,7-8,10-11,15H2,1-3H3. The predicted molar refractivity (Wildman–Crippen MR) is 72.0 cm³/mol. The molecule has 1 aromatic carbocycles. The predicted octanol–water partition coefficient (Wildman–Crippen LogP) is 1.79. The van der Waals surface area contributed by atoms with Gasteiger partial charge in [0.15, 0.2) is 0 Å². The fourth-order valence-electron chi connectivity index (χ4n) is 1.95. The van der Waals surface area contributed by atoms with Crippen molar-refractivity contribution in [3.63, 3.8) is 0 Å². The topological polar surface area (TPSA) is 38.5 Å². The molecule has 0 amide bonds. The van der Waals surface area contributed by atoms with Crippen LogP contribution < -0.4 is 5.73 Å². The molecule has 1 aromatic rings. The zero-order valence-corrected chi connectivity index (χ0v) is 11.1. The lowest BCUT2D eigenvalue weighted by Crippen LogP contribution is -2.35. The number of nitrogens with two attached hydrogens (primary N) is 1. The van der Waals surface area contributed by atoms with Crippen molar-refractivity contribution in [2.24, 2.45) is 5.73 Å². The molecule has 1 atom stereocenters. The van der Waals surface area contributed by atoms with Crippen molar-refractivity contribution in [3.05, 3.63) is 35.4 Å². The van der Waals surface area contributed by atoms with Crippen LogP contribution in [-0.2, 0) is 11.3 Å². The molecule has 2 N–H and O–H groups in total. The Morgan fingerprint density at radius 3 is 2.82 bits per heavy atom. The van der Waals surface area contributed by atoms with Crippen LogP contribution in [0.2, 0.25) is 0 Å². The molecule has 3 heteroatoms. The maximum absolute atomic E-state index is 6.02. The molecule has 0 aliphatic carbocycles. The Morgan fingerprint density at radius 2 is 2.18 bits per heavy atom. The monoisotopic (exact) mass is 236 g/mol. The van der Waals surface area contributed by atoms with Gasteiger partial charge in [-0.05, 0) is 26.0 Å². The van der Waals surface area contributed by atoms with Crippen molar-refractivity contribution >= 4 is 0 Å². The van der Waals surface area contributed by atoms with Gasteiger partial charge in [0.2, 0.25) is 0 Å². The maximum atomic E-state index is 6.02. The minimum atomic E-state index is 0.185. The summed E-state index contributed by atoms with van der Waals surface area (Å²) in [5.41, 5.74) is 8.67. The fourth-order valence-corrected chi connectivity index (χ4v) is 1.95. The Labute approximate surface area is 105 Å². The van der Waals surface area contributed by atoms with Crippen LogP contribution in [0.4, 0.5) is 0 Å². The fraction of sp³-hybridized carbons (Fsp3) is 0.571. The summed E-state index contributed by atoms with van der Waals surface area (Å²) in [6.07, 6.45) is 0.911. The molecule has 3 nitrogen and oxygen atoms in total. The first-order chi connectivity index (χ1) is 8.11. The summed E-state index contributed by atoms with van der Waals surface area (Å²) in [4.78, 5) is 2.26. The van der Waals surface area contributed by atoms with Crippen molar-refractivity contribution < 1.29 is 4.74 Å². The number of ether oxygens (including phenoxy) is 1. The number of hydrogen-bond acceptors (Lipinski definition) is 3. The van der Waals surface area contributed by atoms with Gasteiger partial charge in [-0.2, -0.15) is 0 Å². The highest BCUT2D eigenvalue weighted by Gasteiger charge is 2.07. The van der Waals surface area contributed by atoms with Gasteiger partial charge in [0.1, 0.15) is 0 Å². The van der Waals surface area contributed by atoms with E-state index >= 15 is 0 Å². The summed E-state index contributed by atoms with van der Waals surface area (Å²) in [6, 6.07) is 8.78. The van der Waals surface area contributed by atoms with Crippen molar-refractivity contribution in [1.29, 1.82) is 0 Å². The second-order valence-electron chi connectivity index (χ2n) is 4.73. The molecule has 0 bridgehead atoms. The van der Waals surface area contributed by atoms with E-state index in [-0.39, 0.29) is 6.04 Å². The summed E-state index contributed by atoms with van der Waals surface area (Å²) in [5.74, 6) is 0. The van der Waals surface area contributed by atoms with E-state index in [9.17, 15) is 0 Å². The number of benzene rings is 1. The first-order valence-corrected chi connectivity index (χ1v) is 6.10. The second-order valence-corrected chi connectivity index (χ2v) is 4.73. The van der Waals surface area contributed by atoms with Crippen molar-refractivity contribution in [2.45, 2.75) is 25.9 Å². The van der Waals surface area contributed by atoms with Gasteiger partial charge in [0.05, 0.1) is 0 Å². The molecule has 0 aliphatic rings. The normalized spacial score (nSPS) is 13.0. The number of aryl methyl sites for hydroxylation is 1. The molecule has 0 radical (unpaired) electrons. The summed E-state index contributed by atoms with van der Waals surface area (Å²) in [7, 11) is 3.82. The number of methoxy groups -OCH3 is 1. The minimum absolute atomic E-state index is 0.185. The molecule has 0 saturated heterocycles. The van der Waals surface area contributed by atoms with Crippen LogP contribution in [0.25, 0.3) is 0 Å². The number of rotatable bonds is 7. The van der Waals surface area contributed by atoms with Gasteiger partial charge in [-0.3, -0.25) is 0 Å². The SMILES string of the molecule is COCCC(N)CN(C)Cc1cccc(C)c1. The Morgan fingerprint density at radius 1 is 1.41 bits per heavy atom. The third-order valence-electron chi connectivity index (χ3n) is 2.77. The van der Waals surface area contributed by atoms with Crippen LogP contribution in [0.1, 0.15) is 17.5 Å². The molecule has 0 fully saturated rings. The number of hydrogen-bond donors (Lipinski definition) is 1. The number of nitrogens with zero attached hydrogens (tertiary/aromatic N) is 1. The highest BCUT2D eigenvalue weighted by atomic mass is 16.5. The van der Waals surface area contributed by atoms with Crippen LogP contribution in [0.3, 0.4) is 0 Å². The van der Waals surface area contributed by atoms with E-state index in [2.05, 4.69) is 43.1 Å². The Balaban J connectivity index is 2.36. The third-order valence-corrected chi connectivity index (χ3v) is 2.77. The van der Waals surface area contributed by atoms with Gasteiger partial charge in [-0.25, -0.2) is 0 Å². The van der Waals surface area contributed by atoms with E-state index in [0.717, 1.165) is 26.1 Å². The molecular formula is C14H24N2O. The molecular weight excluding hydrogens is 212 g/mol. The van der Waals surface area contributed by atoms with Crippen molar-refractivity contribution in [1.82, 2.24) is 4.90 Å². The highest BCUT2D eigenvalue weighted by Crippen LogP contribution is 2.07. The van der Waals surface area contributed by atoms with E-state index in [1.807, 2.05) is 0 Å². The Bertz CT molecular complexity index is 328. The van der Waals surface area contributed by atoms with E-state index < -0.39 is 0 Å². The summed E-state index contributed by atoms with van der Waals surface area (Å²) in [5, 5.41) is 0. The molecule has 0 aromatic heterocycles. The zero-order chi connectivity index (χ0) is 12.7. The van der Waals surface area contributed by atoms with E-state index in [1.54, 1.807) is 7.11 Å². The molecule has 0 heterocycles. The van der Waals surface area contributed by atoms with Crippen LogP contribution >= 0.6 is 0 Å². The lowest BCUT2D eigenvalue weighted by molar-refractivity contribution is 0.179. The lowest BCUT2D eigenvalue weighted by atomic mass is 10.1. The smallest absolute Gasteiger partial charge is 0.0477 e. The van der Waals surface area contributed by atoms with Gasteiger partial charge < -0.3 is 15.4 Å². The van der Waals surface area contributed by atoms with E-state index in [4.69, 9.17) is 10.5 Å². The average Bonchev–Trinajstić information content (AvgIpc) is 2.26. The first kappa shape index (κ1) is 14.2. The van der Waals surface area contributed by atoms with Gasteiger partial charge in [-0.1, -0.05) is 29.8 Å².